The van der Waals surface area contributed by atoms with Crippen LogP contribution in [0.1, 0.15) is 0 Å². The normalized spacial score (nSPS) is 19.8. The number of hydrogen-bond donors (Lipinski definition) is 2. The minimum Gasteiger partial charge on any atom is -0.483 e. The number of fused-ring (bicyclic) bond motifs is 3. The van der Waals surface area contributed by atoms with Crippen LogP contribution in [-0.2, 0) is 6.54 Å². The van der Waals surface area contributed by atoms with E-state index in [-0.39, 0.29) is 35.3 Å². The second-order valence-corrected chi connectivity index (χ2v) is 11.1. The third-order valence-corrected chi connectivity index (χ3v) is 8.54. The Labute approximate surface area is 240 Å². The van der Waals surface area contributed by atoms with E-state index in [9.17, 15) is 18.0 Å². The molecule has 0 bridgehead atoms. The van der Waals surface area contributed by atoms with E-state index in [0.717, 1.165) is 17.4 Å². The maximum atomic E-state index is 14.7. The third-order valence-electron chi connectivity index (χ3n) is 7.58. The minimum atomic E-state index is -1.26. The van der Waals surface area contributed by atoms with Crippen LogP contribution in [0.5, 0.6) is 5.75 Å². The lowest BCUT2D eigenvalue weighted by atomic mass is 10.2. The molecule has 0 unspecified atom stereocenters. The molecule has 4 aromatic heterocycles. The van der Waals surface area contributed by atoms with Crippen LogP contribution in [0.4, 0.5) is 24.8 Å². The molecule has 0 amide bonds. The maximum absolute atomic E-state index is 14.7. The van der Waals surface area contributed by atoms with Crippen molar-refractivity contribution in [2.45, 2.75) is 18.8 Å². The topological polar surface area (TPSA) is 132 Å². The van der Waals surface area contributed by atoms with Crippen LogP contribution in [-0.4, -0.2) is 87.1 Å². The van der Waals surface area contributed by atoms with Crippen molar-refractivity contribution in [3.8, 4) is 17.3 Å². The Morgan fingerprint density at radius 1 is 1.10 bits per heavy atom. The van der Waals surface area contributed by atoms with Crippen LogP contribution in [0, 0.1) is 11.6 Å². The van der Waals surface area contributed by atoms with Gasteiger partial charge in [0.2, 0.25) is 11.8 Å². The molecule has 3 N–H and O–H groups in total. The first-order valence-corrected chi connectivity index (χ1v) is 14.2. The van der Waals surface area contributed by atoms with Crippen molar-refractivity contribution in [3.63, 3.8) is 0 Å². The molecule has 6 heterocycles. The number of halogens is 3. The van der Waals surface area contributed by atoms with Gasteiger partial charge in [-0.25, -0.2) is 18.2 Å². The number of furan rings is 1. The largest absolute Gasteiger partial charge is 0.483 e. The Bertz CT molecular complexity index is 1810. The summed E-state index contributed by atoms with van der Waals surface area (Å²) in [5, 5.41) is 7.23. The monoisotopic (exact) mass is 601 g/mol. The van der Waals surface area contributed by atoms with E-state index in [2.05, 4.69) is 25.3 Å². The summed E-state index contributed by atoms with van der Waals surface area (Å²) in [7, 11) is 0. The summed E-state index contributed by atoms with van der Waals surface area (Å²) < 4.78 is 57.6. The van der Waals surface area contributed by atoms with Crippen LogP contribution in [0.3, 0.4) is 0 Å². The molecule has 1 aromatic carbocycles. The molecule has 2 aliphatic heterocycles. The van der Waals surface area contributed by atoms with E-state index in [1.54, 1.807) is 16.7 Å². The maximum Gasteiger partial charge on any atom is 0.309 e. The summed E-state index contributed by atoms with van der Waals surface area (Å²) in [5.74, 6) is -0.829. The summed E-state index contributed by atoms with van der Waals surface area (Å²) >= 11 is 1.02. The van der Waals surface area contributed by atoms with Crippen LogP contribution in [0.25, 0.3) is 27.6 Å². The van der Waals surface area contributed by atoms with Gasteiger partial charge in [-0.15, -0.1) is 5.10 Å². The van der Waals surface area contributed by atoms with Gasteiger partial charge in [0.05, 0.1) is 12.0 Å². The minimum absolute atomic E-state index is 0.0962. The van der Waals surface area contributed by atoms with E-state index in [0.29, 0.717) is 66.8 Å². The summed E-state index contributed by atoms with van der Waals surface area (Å²) in [5.41, 5.74) is 7.23. The lowest BCUT2D eigenvalue weighted by Crippen LogP contribution is -2.47. The number of nitrogens with zero attached hydrogens (tertiary/aromatic N) is 7. The summed E-state index contributed by atoms with van der Waals surface area (Å²) in [6, 6.07) is 5.55. The predicted octanol–water partition coefficient (Wildman–Crippen LogP) is 2.13. The molecule has 0 saturated carbocycles. The van der Waals surface area contributed by atoms with Crippen LogP contribution >= 0.6 is 11.3 Å². The number of thiazole rings is 1. The molecule has 16 heteroatoms. The first-order chi connectivity index (χ1) is 20.4. The van der Waals surface area contributed by atoms with Crippen molar-refractivity contribution in [2.75, 3.05) is 56.4 Å². The van der Waals surface area contributed by atoms with Gasteiger partial charge in [0.25, 0.3) is 0 Å². The molecule has 0 spiro atoms. The second kappa shape index (κ2) is 10.6. The predicted molar refractivity (Wildman–Crippen MR) is 150 cm³/mol. The number of alkyl halides is 1. The number of aromatic nitrogens is 5. The van der Waals surface area contributed by atoms with Crippen LogP contribution in [0.2, 0.25) is 0 Å². The third kappa shape index (κ3) is 4.74. The first kappa shape index (κ1) is 26.7. The molecule has 0 radical (unpaired) electrons. The van der Waals surface area contributed by atoms with E-state index >= 15 is 0 Å². The Kier molecular flexibility index (Phi) is 6.74. The second-order valence-electron chi connectivity index (χ2n) is 10.2. The van der Waals surface area contributed by atoms with Gasteiger partial charge in [-0.2, -0.15) is 9.50 Å². The van der Waals surface area contributed by atoms with Gasteiger partial charge < -0.3 is 25.1 Å². The number of rotatable bonds is 7. The van der Waals surface area contributed by atoms with Crippen molar-refractivity contribution in [1.82, 2.24) is 34.4 Å². The molecule has 2 fully saturated rings. The number of ether oxygens (including phenoxy) is 1. The Morgan fingerprint density at radius 2 is 1.93 bits per heavy atom. The lowest BCUT2D eigenvalue weighted by Gasteiger charge is -2.36. The molecule has 220 valence electrons. The van der Waals surface area contributed by atoms with Gasteiger partial charge in [-0.05, 0) is 12.1 Å². The number of nitrogen functional groups attached to an aromatic ring is 1. The van der Waals surface area contributed by atoms with E-state index in [4.69, 9.17) is 14.9 Å². The Hall–Kier alpha value is -4.15. The number of nitrogens with one attached hydrogen (secondary N) is 1. The van der Waals surface area contributed by atoms with Crippen molar-refractivity contribution >= 4 is 39.0 Å². The van der Waals surface area contributed by atoms with E-state index in [1.165, 1.54) is 16.8 Å². The molecular formula is C26H26F3N9O3S. The summed E-state index contributed by atoms with van der Waals surface area (Å²) in [6.45, 7) is 3.41. The highest BCUT2D eigenvalue weighted by Gasteiger charge is 2.30. The summed E-state index contributed by atoms with van der Waals surface area (Å²) in [6.07, 6.45) is -0.566. The smallest absolute Gasteiger partial charge is 0.309 e. The van der Waals surface area contributed by atoms with Crippen molar-refractivity contribution in [1.29, 1.82) is 0 Å². The fourth-order valence-electron chi connectivity index (χ4n) is 5.34. The molecule has 5 aromatic rings. The van der Waals surface area contributed by atoms with E-state index < -0.39 is 23.9 Å². The number of benzene rings is 1. The van der Waals surface area contributed by atoms with Gasteiger partial charge >= 0.3 is 4.87 Å². The number of nitrogens with two attached hydrogens (primary N) is 1. The standard InChI is InChI=1S/C26H26F3N9O3S/c27-14-10-15(28)19(41-20-13-31-12-16(20)29)11-17(14)36-6-3-35(4-7-36)5-8-37-23-21(42-26(37)39)24-32-22(18-2-1-9-40-18)34-38(24)25(30)33-23/h1-2,9-11,16,20,31H,3-8,12-13H2,(H2,30,33)/t16-,20-/m0/s1. The van der Waals surface area contributed by atoms with Gasteiger partial charge in [-0.1, -0.05) is 11.3 Å². The highest BCUT2D eigenvalue weighted by Crippen LogP contribution is 2.31. The fraction of sp³-hybridized carbons (Fsp3) is 0.385. The highest BCUT2D eigenvalue weighted by atomic mass is 32.1. The number of anilines is 2. The quantitative estimate of drug-likeness (QED) is 0.286. The fourth-order valence-corrected chi connectivity index (χ4v) is 6.28. The summed E-state index contributed by atoms with van der Waals surface area (Å²) in [4.78, 5) is 25.7. The van der Waals surface area contributed by atoms with Gasteiger partial charge in [0.15, 0.2) is 34.8 Å². The molecule has 2 saturated heterocycles. The molecule has 7 rings (SSSR count). The first-order valence-electron chi connectivity index (χ1n) is 13.4. The van der Waals surface area contributed by atoms with Gasteiger partial charge in [0.1, 0.15) is 16.6 Å². The van der Waals surface area contributed by atoms with Crippen molar-refractivity contribution in [3.05, 3.63) is 51.8 Å². The van der Waals surface area contributed by atoms with Gasteiger partial charge in [0, 0.05) is 64.5 Å². The Balaban J connectivity index is 1.04. The number of piperazine rings is 1. The average molecular weight is 602 g/mol. The lowest BCUT2D eigenvalue weighted by molar-refractivity contribution is 0.134. The Morgan fingerprint density at radius 3 is 2.67 bits per heavy atom. The molecule has 2 atom stereocenters. The van der Waals surface area contributed by atoms with Crippen LogP contribution in [0.15, 0.2) is 39.7 Å². The molecular weight excluding hydrogens is 575 g/mol. The molecule has 0 aliphatic carbocycles. The SMILES string of the molecule is Nc1nc2c(sc(=O)n2CCN2CCN(c3cc(O[C@H]4CNC[C@@H]4F)c(F)cc3F)CC2)c2nc(-c3ccco3)nn12. The van der Waals surface area contributed by atoms with Crippen molar-refractivity contribution in [2.24, 2.45) is 0 Å². The zero-order chi connectivity index (χ0) is 29.0. The van der Waals surface area contributed by atoms with E-state index in [1.807, 2.05) is 4.90 Å². The molecule has 12 nitrogen and oxygen atoms in total. The van der Waals surface area contributed by atoms with Crippen LogP contribution < -0.4 is 25.6 Å². The zero-order valence-corrected chi connectivity index (χ0v) is 23.0. The number of hydrogen-bond acceptors (Lipinski definition) is 11. The molecule has 42 heavy (non-hydrogen) atoms. The van der Waals surface area contributed by atoms with Gasteiger partial charge in [-0.3, -0.25) is 14.3 Å². The van der Waals surface area contributed by atoms with Crippen molar-refractivity contribution < 1.29 is 22.3 Å². The molecule has 2 aliphatic rings. The zero-order valence-electron chi connectivity index (χ0n) is 22.2. The average Bonchev–Trinajstić information content (AvgIpc) is 3.77. The highest BCUT2D eigenvalue weighted by molar-refractivity contribution is 7.17.